The van der Waals surface area contributed by atoms with Crippen LogP contribution in [-0.2, 0) is 5.41 Å². The number of rotatable bonds is 3. The zero-order chi connectivity index (χ0) is 12.3. The molecule has 0 spiro atoms. The molecular formula is C12H13BF3KO. The quantitative estimate of drug-likeness (QED) is 0.741. The van der Waals surface area contributed by atoms with Crippen LogP contribution in [0.25, 0.3) is 0 Å². The van der Waals surface area contributed by atoms with Crippen molar-refractivity contribution in [1.29, 1.82) is 0 Å². The molecule has 92 valence electrons. The molecule has 0 unspecified atom stereocenters. The van der Waals surface area contributed by atoms with Crippen LogP contribution in [-0.4, -0.2) is 14.1 Å². The van der Waals surface area contributed by atoms with Gasteiger partial charge in [0.15, 0.2) is 0 Å². The summed E-state index contributed by atoms with van der Waals surface area (Å²) >= 11 is 0. The van der Waals surface area contributed by atoms with Gasteiger partial charge >= 0.3 is 58.4 Å². The van der Waals surface area contributed by atoms with Crippen LogP contribution < -0.4 is 56.1 Å². The molecule has 0 aliphatic heterocycles. The zero-order valence-electron chi connectivity index (χ0n) is 10.6. The third kappa shape index (κ3) is 1.92. The van der Waals surface area contributed by atoms with Gasteiger partial charge in [-0.2, -0.15) is 0 Å². The van der Waals surface area contributed by atoms with Crippen LogP contribution in [0, 0.1) is 0 Å². The predicted molar refractivity (Wildman–Crippen MR) is 60.3 cm³/mol. The summed E-state index contributed by atoms with van der Waals surface area (Å²) in [5.74, 6) is 0.745. The first kappa shape index (κ1) is 14.9. The SMILES string of the molecule is COc1ccc(C23CC([B-](F)(F)F)(C2)C3)cc1.[K+]. The summed E-state index contributed by atoms with van der Waals surface area (Å²) in [6.07, 6.45) is 0.863. The van der Waals surface area contributed by atoms with E-state index in [2.05, 4.69) is 0 Å². The van der Waals surface area contributed by atoms with Gasteiger partial charge in [-0.15, -0.1) is 0 Å². The van der Waals surface area contributed by atoms with Gasteiger partial charge in [-0.1, -0.05) is 36.7 Å². The van der Waals surface area contributed by atoms with Crippen LogP contribution in [0.4, 0.5) is 12.9 Å². The predicted octanol–water partition coefficient (Wildman–Crippen LogP) is 0.722. The topological polar surface area (TPSA) is 9.23 Å². The smallest absolute Gasteiger partial charge is 0.497 e. The molecule has 3 fully saturated rings. The number of benzene rings is 1. The minimum Gasteiger partial charge on any atom is -0.497 e. The Kier molecular flexibility index (Phi) is 3.74. The van der Waals surface area contributed by atoms with E-state index in [1.54, 1.807) is 7.11 Å². The summed E-state index contributed by atoms with van der Waals surface area (Å²) < 4.78 is 43.4. The first-order valence-corrected chi connectivity index (χ1v) is 5.75. The number of halogens is 3. The van der Waals surface area contributed by atoms with E-state index in [1.165, 1.54) is 0 Å². The van der Waals surface area contributed by atoms with E-state index in [9.17, 15) is 12.9 Å². The van der Waals surface area contributed by atoms with Crippen LogP contribution in [0.5, 0.6) is 5.75 Å². The van der Waals surface area contributed by atoms with Gasteiger partial charge < -0.3 is 17.7 Å². The molecule has 2 bridgehead atoms. The Balaban J connectivity index is 0.00000120. The summed E-state index contributed by atoms with van der Waals surface area (Å²) in [5, 5.41) is -1.31. The second kappa shape index (κ2) is 4.52. The minimum absolute atomic E-state index is 0. The molecule has 0 N–H and O–H groups in total. The van der Waals surface area contributed by atoms with Gasteiger partial charge in [0, 0.05) is 0 Å². The maximum atomic E-state index is 12.8. The largest absolute Gasteiger partial charge is 1.00 e. The van der Waals surface area contributed by atoms with Crippen molar-refractivity contribution in [2.24, 2.45) is 0 Å². The van der Waals surface area contributed by atoms with E-state index in [0.717, 1.165) is 11.3 Å². The van der Waals surface area contributed by atoms with Crippen molar-refractivity contribution in [1.82, 2.24) is 0 Å². The first-order chi connectivity index (χ1) is 7.91. The van der Waals surface area contributed by atoms with E-state index in [-0.39, 0.29) is 76.1 Å². The molecular weight excluding hydrogens is 267 g/mol. The molecule has 3 saturated carbocycles. The fourth-order valence-corrected chi connectivity index (χ4v) is 3.46. The molecule has 6 heteroatoms. The minimum atomic E-state index is -4.67. The molecule has 0 atom stereocenters. The van der Waals surface area contributed by atoms with Gasteiger partial charge in [-0.05, 0) is 23.1 Å². The summed E-state index contributed by atoms with van der Waals surface area (Å²) in [5.41, 5.74) is 0.837. The Morgan fingerprint density at radius 1 is 1.06 bits per heavy atom. The molecule has 18 heavy (non-hydrogen) atoms. The van der Waals surface area contributed by atoms with Gasteiger partial charge in [0.1, 0.15) is 5.75 Å². The van der Waals surface area contributed by atoms with Crippen molar-refractivity contribution in [2.45, 2.75) is 30.0 Å². The van der Waals surface area contributed by atoms with E-state index >= 15 is 0 Å². The summed E-state index contributed by atoms with van der Waals surface area (Å²) in [6, 6.07) is 7.43. The van der Waals surface area contributed by atoms with E-state index < -0.39 is 12.3 Å². The maximum Gasteiger partial charge on any atom is 1.00 e. The molecule has 3 aliphatic rings. The van der Waals surface area contributed by atoms with Gasteiger partial charge in [-0.25, -0.2) is 0 Å². The van der Waals surface area contributed by atoms with Crippen LogP contribution in [0.2, 0.25) is 5.31 Å². The van der Waals surface area contributed by atoms with Crippen molar-refractivity contribution in [3.63, 3.8) is 0 Å². The van der Waals surface area contributed by atoms with Crippen LogP contribution in [0.1, 0.15) is 24.8 Å². The van der Waals surface area contributed by atoms with E-state index in [1.807, 2.05) is 24.3 Å². The van der Waals surface area contributed by atoms with Gasteiger partial charge in [-0.3, -0.25) is 0 Å². The van der Waals surface area contributed by atoms with Gasteiger partial charge in [0.2, 0.25) is 0 Å². The average Bonchev–Trinajstić information content (AvgIpc) is 2.12. The fourth-order valence-electron chi connectivity index (χ4n) is 3.46. The molecule has 0 heterocycles. The Hall–Kier alpha value is 0.511. The monoisotopic (exact) mass is 280 g/mol. The van der Waals surface area contributed by atoms with Crippen LogP contribution in [0.3, 0.4) is 0 Å². The Labute approximate surface area is 147 Å². The number of ether oxygens (including phenoxy) is 1. The van der Waals surface area contributed by atoms with E-state index in [0.29, 0.717) is 0 Å². The van der Waals surface area contributed by atoms with Crippen molar-refractivity contribution < 1.29 is 69.1 Å². The number of hydrogen-bond donors (Lipinski definition) is 0. The second-order valence-electron chi connectivity index (χ2n) is 5.48. The molecule has 0 amide bonds. The summed E-state index contributed by atoms with van der Waals surface area (Å²) in [6.45, 7) is -4.67. The normalized spacial score (nSPS) is 32.9. The number of methoxy groups -OCH3 is 1. The molecule has 1 aromatic rings. The zero-order valence-corrected chi connectivity index (χ0v) is 13.7. The number of hydrogen-bond acceptors (Lipinski definition) is 1. The molecule has 3 aliphatic carbocycles. The molecule has 0 aromatic heterocycles. The fraction of sp³-hybridized carbons (Fsp3) is 0.500. The van der Waals surface area contributed by atoms with Crippen molar-refractivity contribution >= 4 is 6.98 Å². The molecule has 1 aromatic carbocycles. The Morgan fingerprint density at radius 3 is 1.94 bits per heavy atom. The van der Waals surface area contributed by atoms with Crippen LogP contribution >= 0.6 is 0 Å². The molecule has 0 saturated heterocycles. The standard InChI is InChI=1S/C12H13BF3O.K/c1-17-10-4-2-9(3-5-10)11-6-12(7-11,8-11)13(14,15)16;/h2-5H,6-8H2,1H3;/q-1;+1. The third-order valence-corrected chi connectivity index (χ3v) is 4.47. The molecule has 0 radical (unpaired) electrons. The molecule has 4 rings (SSSR count). The first-order valence-electron chi connectivity index (χ1n) is 5.75. The summed E-state index contributed by atoms with van der Waals surface area (Å²) in [7, 11) is 1.58. The van der Waals surface area contributed by atoms with Crippen molar-refractivity contribution in [2.75, 3.05) is 7.11 Å². The second-order valence-corrected chi connectivity index (χ2v) is 5.48. The van der Waals surface area contributed by atoms with Crippen LogP contribution in [0.15, 0.2) is 24.3 Å². The maximum absolute atomic E-state index is 12.8. The van der Waals surface area contributed by atoms with Gasteiger partial charge in [0.25, 0.3) is 0 Å². The van der Waals surface area contributed by atoms with Gasteiger partial charge in [0.05, 0.1) is 7.11 Å². The molecule has 1 nitrogen and oxygen atoms in total. The average molecular weight is 280 g/mol. The summed E-state index contributed by atoms with van der Waals surface area (Å²) in [4.78, 5) is 0. The Bertz CT molecular complexity index is 438. The van der Waals surface area contributed by atoms with E-state index in [4.69, 9.17) is 4.74 Å². The van der Waals surface area contributed by atoms with Crippen molar-refractivity contribution in [3.05, 3.63) is 29.8 Å². The third-order valence-electron chi connectivity index (χ3n) is 4.47. The van der Waals surface area contributed by atoms with Crippen molar-refractivity contribution in [3.8, 4) is 5.75 Å². The Morgan fingerprint density at radius 2 is 1.56 bits per heavy atom.